The third-order valence-corrected chi connectivity index (χ3v) is 4.17. The molecule has 1 N–H and O–H groups in total. The highest BCUT2D eigenvalue weighted by Gasteiger charge is 2.27. The molecule has 0 aromatic carbocycles. The van der Waals surface area contributed by atoms with Gasteiger partial charge in [-0.05, 0) is 55.2 Å². The molecule has 2 aromatic heterocycles. The molecule has 2 heterocycles. The Bertz CT molecular complexity index is 583. The minimum absolute atomic E-state index is 0.0294. The van der Waals surface area contributed by atoms with Gasteiger partial charge >= 0.3 is 0 Å². The SMILES string of the molecule is CCCNC(c1c(C)oc(C)c1C)c1c(Br)nnn1C. The predicted octanol–water partition coefficient (Wildman–Crippen LogP) is 3.18. The number of halogens is 1. The summed E-state index contributed by atoms with van der Waals surface area (Å²) in [4.78, 5) is 0. The fourth-order valence-corrected chi connectivity index (χ4v) is 3.06. The molecule has 0 spiro atoms. The maximum Gasteiger partial charge on any atom is 0.153 e. The van der Waals surface area contributed by atoms with E-state index in [9.17, 15) is 0 Å². The lowest BCUT2D eigenvalue weighted by atomic mass is 9.99. The van der Waals surface area contributed by atoms with Crippen LogP contribution in [0.25, 0.3) is 0 Å². The Morgan fingerprint density at radius 2 is 2.00 bits per heavy atom. The van der Waals surface area contributed by atoms with Gasteiger partial charge in [-0.3, -0.25) is 0 Å². The molecule has 110 valence electrons. The van der Waals surface area contributed by atoms with Crippen molar-refractivity contribution < 1.29 is 4.42 Å². The Balaban J connectivity index is 2.53. The largest absolute Gasteiger partial charge is 0.466 e. The first-order chi connectivity index (χ1) is 9.47. The average molecular weight is 341 g/mol. The minimum Gasteiger partial charge on any atom is -0.466 e. The van der Waals surface area contributed by atoms with Crippen molar-refractivity contribution in [3.63, 3.8) is 0 Å². The lowest BCUT2D eigenvalue weighted by molar-refractivity contribution is 0.488. The molecule has 1 atom stereocenters. The Kier molecular flexibility index (Phi) is 4.65. The van der Waals surface area contributed by atoms with Crippen molar-refractivity contribution in [3.05, 3.63) is 32.9 Å². The van der Waals surface area contributed by atoms with Gasteiger partial charge in [0, 0.05) is 12.6 Å². The number of hydrogen-bond acceptors (Lipinski definition) is 4. The predicted molar refractivity (Wildman–Crippen MR) is 81.8 cm³/mol. The minimum atomic E-state index is 0.0294. The molecule has 0 aliphatic heterocycles. The van der Waals surface area contributed by atoms with E-state index in [2.05, 4.69) is 45.4 Å². The number of hydrogen-bond donors (Lipinski definition) is 1. The highest BCUT2D eigenvalue weighted by atomic mass is 79.9. The van der Waals surface area contributed by atoms with Crippen LogP contribution in [0.15, 0.2) is 9.02 Å². The zero-order valence-corrected chi connectivity index (χ0v) is 14.2. The second kappa shape index (κ2) is 6.10. The highest BCUT2D eigenvalue weighted by Crippen LogP contribution is 2.33. The van der Waals surface area contributed by atoms with Gasteiger partial charge in [-0.2, -0.15) is 0 Å². The summed E-state index contributed by atoms with van der Waals surface area (Å²) < 4.78 is 8.35. The molecule has 2 rings (SSSR count). The van der Waals surface area contributed by atoms with Crippen LogP contribution in [-0.2, 0) is 7.05 Å². The van der Waals surface area contributed by atoms with Crippen LogP contribution in [0.4, 0.5) is 0 Å². The Morgan fingerprint density at radius 1 is 1.30 bits per heavy atom. The van der Waals surface area contributed by atoms with E-state index >= 15 is 0 Å². The van der Waals surface area contributed by atoms with Gasteiger partial charge in [0.25, 0.3) is 0 Å². The van der Waals surface area contributed by atoms with Crippen LogP contribution in [0.1, 0.15) is 47.7 Å². The molecule has 2 aromatic rings. The van der Waals surface area contributed by atoms with E-state index in [-0.39, 0.29) is 6.04 Å². The first kappa shape index (κ1) is 15.3. The maximum atomic E-state index is 5.78. The van der Waals surface area contributed by atoms with Gasteiger partial charge in [0.05, 0.1) is 11.7 Å². The van der Waals surface area contributed by atoms with Gasteiger partial charge in [-0.15, -0.1) is 5.10 Å². The van der Waals surface area contributed by atoms with Gasteiger partial charge in [0.15, 0.2) is 4.60 Å². The first-order valence-corrected chi connectivity index (χ1v) is 7.61. The number of rotatable bonds is 5. The highest BCUT2D eigenvalue weighted by molar-refractivity contribution is 9.10. The quantitative estimate of drug-likeness (QED) is 0.908. The van der Waals surface area contributed by atoms with Crippen LogP contribution in [0, 0.1) is 20.8 Å². The molecule has 5 nitrogen and oxygen atoms in total. The van der Waals surface area contributed by atoms with Crippen molar-refractivity contribution in [3.8, 4) is 0 Å². The van der Waals surface area contributed by atoms with Crippen molar-refractivity contribution in [1.82, 2.24) is 20.3 Å². The third-order valence-electron chi connectivity index (χ3n) is 3.60. The van der Waals surface area contributed by atoms with Crippen LogP contribution in [0.3, 0.4) is 0 Å². The second-order valence-corrected chi connectivity index (χ2v) is 5.78. The van der Waals surface area contributed by atoms with Crippen molar-refractivity contribution in [2.75, 3.05) is 6.54 Å². The van der Waals surface area contributed by atoms with Crippen LogP contribution in [0.2, 0.25) is 0 Å². The lowest BCUT2D eigenvalue weighted by Gasteiger charge is -2.19. The van der Waals surface area contributed by atoms with E-state index < -0.39 is 0 Å². The second-order valence-electron chi connectivity index (χ2n) is 5.03. The summed E-state index contributed by atoms with van der Waals surface area (Å²) >= 11 is 3.50. The number of furan rings is 1. The standard InChI is InChI=1S/C14H21BrN4O/c1-6-7-16-12(13-14(15)17-18-19(13)5)11-8(2)9(3)20-10(11)4/h12,16H,6-7H2,1-5H3. The van der Waals surface area contributed by atoms with Gasteiger partial charge in [0.1, 0.15) is 11.5 Å². The fraction of sp³-hybridized carbons (Fsp3) is 0.571. The summed E-state index contributed by atoms with van der Waals surface area (Å²) in [5, 5.41) is 11.8. The normalized spacial score (nSPS) is 12.9. The summed E-state index contributed by atoms with van der Waals surface area (Å²) in [6.07, 6.45) is 1.06. The summed E-state index contributed by atoms with van der Waals surface area (Å²) in [7, 11) is 1.91. The number of aryl methyl sites for hydroxylation is 3. The number of nitrogens with zero attached hydrogens (tertiary/aromatic N) is 3. The summed E-state index contributed by atoms with van der Waals surface area (Å²) in [6.45, 7) is 9.18. The van der Waals surface area contributed by atoms with E-state index in [4.69, 9.17) is 4.42 Å². The van der Waals surface area contributed by atoms with Crippen LogP contribution >= 0.6 is 15.9 Å². The molecule has 20 heavy (non-hydrogen) atoms. The van der Waals surface area contributed by atoms with Crippen LogP contribution in [0.5, 0.6) is 0 Å². The monoisotopic (exact) mass is 340 g/mol. The smallest absolute Gasteiger partial charge is 0.153 e. The van der Waals surface area contributed by atoms with E-state index in [1.807, 2.05) is 20.9 Å². The van der Waals surface area contributed by atoms with Crippen LogP contribution < -0.4 is 5.32 Å². The van der Waals surface area contributed by atoms with Crippen molar-refractivity contribution in [2.24, 2.45) is 7.05 Å². The molecule has 6 heteroatoms. The molecule has 0 bridgehead atoms. The first-order valence-electron chi connectivity index (χ1n) is 6.82. The molecule has 0 aliphatic rings. The average Bonchev–Trinajstić information content (AvgIpc) is 2.85. The molecule has 0 saturated carbocycles. The van der Waals surface area contributed by atoms with Crippen molar-refractivity contribution >= 4 is 15.9 Å². The summed E-state index contributed by atoms with van der Waals surface area (Å²) in [6, 6.07) is 0.0294. The van der Waals surface area contributed by atoms with Gasteiger partial charge in [0.2, 0.25) is 0 Å². The molecule has 1 unspecified atom stereocenters. The van der Waals surface area contributed by atoms with Crippen molar-refractivity contribution in [1.29, 1.82) is 0 Å². The van der Waals surface area contributed by atoms with Crippen LogP contribution in [-0.4, -0.2) is 21.5 Å². The van der Waals surface area contributed by atoms with Gasteiger partial charge in [-0.25, -0.2) is 4.68 Å². The fourth-order valence-electron chi connectivity index (χ4n) is 2.50. The van der Waals surface area contributed by atoms with Crippen molar-refractivity contribution in [2.45, 2.75) is 40.2 Å². The zero-order valence-electron chi connectivity index (χ0n) is 12.6. The number of nitrogens with one attached hydrogen (secondary N) is 1. The van der Waals surface area contributed by atoms with Gasteiger partial charge < -0.3 is 9.73 Å². The van der Waals surface area contributed by atoms with E-state index in [0.29, 0.717) is 0 Å². The van der Waals surface area contributed by atoms with E-state index in [1.165, 1.54) is 11.1 Å². The molecule has 0 fully saturated rings. The summed E-state index contributed by atoms with van der Waals surface area (Å²) in [5.74, 6) is 1.91. The number of aromatic nitrogens is 3. The lowest BCUT2D eigenvalue weighted by Crippen LogP contribution is -2.26. The molecular formula is C14H21BrN4O. The molecule has 0 aliphatic carbocycles. The molecule has 0 radical (unpaired) electrons. The Labute approximate surface area is 127 Å². The Hall–Kier alpha value is -1.14. The van der Waals surface area contributed by atoms with E-state index in [1.54, 1.807) is 4.68 Å². The summed E-state index contributed by atoms with van der Waals surface area (Å²) in [5.41, 5.74) is 3.39. The van der Waals surface area contributed by atoms with Gasteiger partial charge in [-0.1, -0.05) is 12.1 Å². The zero-order chi connectivity index (χ0) is 14.9. The molecule has 0 saturated heterocycles. The Morgan fingerprint density at radius 3 is 2.45 bits per heavy atom. The topological polar surface area (TPSA) is 55.9 Å². The third kappa shape index (κ3) is 2.67. The maximum absolute atomic E-state index is 5.78. The molecular weight excluding hydrogens is 320 g/mol. The van der Waals surface area contributed by atoms with E-state index in [0.717, 1.165) is 34.8 Å². The molecule has 0 amide bonds.